The Morgan fingerprint density at radius 3 is 2.48 bits per heavy atom. The van der Waals surface area contributed by atoms with Crippen LogP contribution in [-0.4, -0.2) is 38.8 Å². The van der Waals surface area contributed by atoms with Gasteiger partial charge in [0.25, 0.3) is 0 Å². The Labute approximate surface area is 172 Å². The number of sulfonamides is 1. The maximum atomic E-state index is 12.7. The molecule has 0 spiro atoms. The number of amides is 1. The van der Waals surface area contributed by atoms with E-state index in [0.717, 1.165) is 22.4 Å². The van der Waals surface area contributed by atoms with Gasteiger partial charge in [-0.1, -0.05) is 42.0 Å². The van der Waals surface area contributed by atoms with Gasteiger partial charge in [-0.2, -0.15) is 0 Å². The average molecular weight is 417 g/mol. The van der Waals surface area contributed by atoms with Gasteiger partial charge in [0.1, 0.15) is 0 Å². The molecular weight excluding hydrogens is 388 g/mol. The molecule has 2 aromatic rings. The fourth-order valence-corrected chi connectivity index (χ4v) is 5.20. The van der Waals surface area contributed by atoms with Crippen LogP contribution >= 0.6 is 0 Å². The Balaban J connectivity index is 1.55. The molecule has 2 aromatic carbocycles. The monoisotopic (exact) mass is 416 g/mol. The first kappa shape index (κ1) is 21.5. The van der Waals surface area contributed by atoms with Crippen LogP contribution in [0.5, 0.6) is 0 Å². The minimum Gasteiger partial charge on any atom is -0.380 e. The van der Waals surface area contributed by atoms with Crippen LogP contribution in [0.3, 0.4) is 0 Å². The van der Waals surface area contributed by atoms with Gasteiger partial charge in [0.2, 0.25) is 15.9 Å². The highest BCUT2D eigenvalue weighted by Gasteiger charge is 2.31. The molecule has 0 bridgehead atoms. The number of rotatable bonds is 7. The van der Waals surface area contributed by atoms with Crippen LogP contribution in [0.15, 0.2) is 48.5 Å². The zero-order chi connectivity index (χ0) is 20.9. The van der Waals surface area contributed by atoms with Gasteiger partial charge >= 0.3 is 0 Å². The van der Waals surface area contributed by atoms with Gasteiger partial charge in [0, 0.05) is 31.8 Å². The molecule has 1 aliphatic rings. The second-order valence-electron chi connectivity index (χ2n) is 7.54. The number of ether oxygens (including phenoxy) is 1. The van der Waals surface area contributed by atoms with E-state index in [-0.39, 0.29) is 17.6 Å². The highest BCUT2D eigenvalue weighted by Crippen LogP contribution is 2.23. The second kappa shape index (κ2) is 9.52. The van der Waals surface area contributed by atoms with Crippen molar-refractivity contribution in [2.24, 2.45) is 5.92 Å². The van der Waals surface area contributed by atoms with Gasteiger partial charge in [0.15, 0.2) is 0 Å². The number of aryl methyl sites for hydroxylation is 1. The summed E-state index contributed by atoms with van der Waals surface area (Å²) in [6, 6.07) is 15.1. The summed E-state index contributed by atoms with van der Waals surface area (Å²) in [6.07, 6.45) is 1.05. The Hall–Kier alpha value is -2.22. The van der Waals surface area contributed by atoms with Crippen molar-refractivity contribution in [1.29, 1.82) is 0 Å². The summed E-state index contributed by atoms with van der Waals surface area (Å²) in [7, 11) is -1.75. The fraction of sp³-hybridized carbons (Fsp3) is 0.409. The van der Waals surface area contributed by atoms with Crippen LogP contribution in [0.2, 0.25) is 0 Å². The van der Waals surface area contributed by atoms with Crippen molar-refractivity contribution in [2.45, 2.75) is 32.1 Å². The van der Waals surface area contributed by atoms with Crippen molar-refractivity contribution < 1.29 is 17.9 Å². The van der Waals surface area contributed by atoms with Crippen LogP contribution in [0.1, 0.15) is 29.5 Å². The average Bonchev–Trinajstić information content (AvgIpc) is 2.68. The first-order chi connectivity index (χ1) is 13.9. The fourth-order valence-electron chi connectivity index (χ4n) is 3.65. The van der Waals surface area contributed by atoms with Crippen LogP contribution in [-0.2, 0) is 31.9 Å². The number of nitrogens with one attached hydrogen (secondary N) is 1. The molecular formula is C22H28N2O4S. The van der Waals surface area contributed by atoms with Crippen molar-refractivity contribution >= 4 is 21.6 Å². The summed E-state index contributed by atoms with van der Waals surface area (Å²) in [5.74, 6) is -0.250. The molecule has 0 aromatic heterocycles. The Morgan fingerprint density at radius 1 is 1.10 bits per heavy atom. The summed E-state index contributed by atoms with van der Waals surface area (Å²) in [5, 5.41) is 2.95. The maximum Gasteiger partial charge on any atom is 0.227 e. The zero-order valence-corrected chi connectivity index (χ0v) is 17.7. The molecule has 0 aliphatic carbocycles. The van der Waals surface area contributed by atoms with Gasteiger partial charge in [-0.05, 0) is 43.0 Å². The lowest BCUT2D eigenvalue weighted by Crippen LogP contribution is -2.41. The van der Waals surface area contributed by atoms with E-state index in [1.807, 2.05) is 55.5 Å². The Morgan fingerprint density at radius 2 is 1.79 bits per heavy atom. The number of hydrogen-bond acceptors (Lipinski definition) is 4. The molecule has 0 atom stereocenters. The van der Waals surface area contributed by atoms with E-state index < -0.39 is 10.0 Å². The Bertz CT molecular complexity index is 951. The van der Waals surface area contributed by atoms with E-state index in [1.165, 1.54) is 4.31 Å². The lowest BCUT2D eigenvalue weighted by molar-refractivity contribution is -0.120. The highest BCUT2D eigenvalue weighted by atomic mass is 32.2. The zero-order valence-electron chi connectivity index (χ0n) is 16.9. The quantitative estimate of drug-likeness (QED) is 0.751. The number of benzene rings is 2. The van der Waals surface area contributed by atoms with E-state index in [9.17, 15) is 13.2 Å². The van der Waals surface area contributed by atoms with Crippen molar-refractivity contribution in [1.82, 2.24) is 4.31 Å². The summed E-state index contributed by atoms with van der Waals surface area (Å²) < 4.78 is 32.1. The van der Waals surface area contributed by atoms with Gasteiger partial charge in [-0.25, -0.2) is 12.7 Å². The molecule has 1 heterocycles. The predicted molar refractivity (Wildman–Crippen MR) is 114 cm³/mol. The SMILES string of the molecule is COCc1cccc(NC(=O)C2CCN(S(=O)(=O)Cc3cccc(C)c3)CC2)c1. The van der Waals surface area contributed by atoms with E-state index in [2.05, 4.69) is 5.32 Å². The topological polar surface area (TPSA) is 75.7 Å². The molecule has 0 radical (unpaired) electrons. The standard InChI is InChI=1S/C22H28N2O4S/c1-17-5-3-7-19(13-17)16-29(26,27)24-11-9-20(10-12-24)22(25)23-21-8-4-6-18(14-21)15-28-2/h3-8,13-14,20H,9-12,15-16H2,1-2H3,(H,23,25). The van der Waals surface area contributed by atoms with E-state index in [4.69, 9.17) is 4.74 Å². The largest absolute Gasteiger partial charge is 0.380 e. The van der Waals surface area contributed by atoms with Crippen LogP contribution in [0, 0.1) is 12.8 Å². The summed E-state index contributed by atoms with van der Waals surface area (Å²) in [5.41, 5.74) is 3.56. The van der Waals surface area contributed by atoms with Gasteiger partial charge in [-0.15, -0.1) is 0 Å². The molecule has 29 heavy (non-hydrogen) atoms. The predicted octanol–water partition coefficient (Wildman–Crippen LogP) is 3.32. The third-order valence-corrected chi connectivity index (χ3v) is 7.01. The molecule has 1 amide bonds. The number of hydrogen-bond donors (Lipinski definition) is 1. The van der Waals surface area contributed by atoms with Gasteiger partial charge < -0.3 is 10.1 Å². The molecule has 1 aliphatic heterocycles. The van der Waals surface area contributed by atoms with Crippen molar-refractivity contribution in [3.05, 3.63) is 65.2 Å². The lowest BCUT2D eigenvalue weighted by Gasteiger charge is -2.30. The smallest absolute Gasteiger partial charge is 0.227 e. The first-order valence-corrected chi connectivity index (χ1v) is 11.4. The number of methoxy groups -OCH3 is 1. The number of carbonyl (C=O) groups excluding carboxylic acids is 1. The van der Waals surface area contributed by atoms with E-state index in [1.54, 1.807) is 7.11 Å². The third-order valence-electron chi connectivity index (χ3n) is 5.16. The minimum absolute atomic E-state index is 0.00215. The molecule has 1 fully saturated rings. The van der Waals surface area contributed by atoms with Crippen LogP contribution in [0.25, 0.3) is 0 Å². The van der Waals surface area contributed by atoms with Crippen molar-refractivity contribution in [2.75, 3.05) is 25.5 Å². The van der Waals surface area contributed by atoms with Crippen LogP contribution < -0.4 is 5.32 Å². The lowest BCUT2D eigenvalue weighted by atomic mass is 9.97. The van der Waals surface area contributed by atoms with E-state index in [0.29, 0.717) is 32.5 Å². The molecule has 6 nitrogen and oxygen atoms in total. The van der Waals surface area contributed by atoms with Crippen molar-refractivity contribution in [3.63, 3.8) is 0 Å². The summed E-state index contributed by atoms with van der Waals surface area (Å²) in [6.45, 7) is 3.18. The van der Waals surface area contributed by atoms with Gasteiger partial charge in [-0.3, -0.25) is 4.79 Å². The Kier molecular flexibility index (Phi) is 7.05. The van der Waals surface area contributed by atoms with Crippen LogP contribution in [0.4, 0.5) is 5.69 Å². The molecule has 0 unspecified atom stereocenters. The number of anilines is 1. The molecule has 1 N–H and O–H groups in total. The highest BCUT2D eigenvalue weighted by molar-refractivity contribution is 7.88. The molecule has 7 heteroatoms. The molecule has 0 saturated carbocycles. The maximum absolute atomic E-state index is 12.7. The molecule has 3 rings (SSSR count). The summed E-state index contributed by atoms with van der Waals surface area (Å²) >= 11 is 0. The minimum atomic E-state index is -3.39. The number of nitrogens with zero attached hydrogens (tertiary/aromatic N) is 1. The normalized spacial score (nSPS) is 15.9. The van der Waals surface area contributed by atoms with Gasteiger partial charge in [0.05, 0.1) is 12.4 Å². The van der Waals surface area contributed by atoms with Crippen molar-refractivity contribution in [3.8, 4) is 0 Å². The van der Waals surface area contributed by atoms with E-state index >= 15 is 0 Å². The molecule has 1 saturated heterocycles. The second-order valence-corrected chi connectivity index (χ2v) is 9.51. The first-order valence-electron chi connectivity index (χ1n) is 9.79. The number of piperidine rings is 1. The number of carbonyl (C=O) groups is 1. The molecule has 156 valence electrons. The summed E-state index contributed by atoms with van der Waals surface area (Å²) in [4.78, 5) is 12.6. The third kappa shape index (κ3) is 5.88.